The Kier molecular flexibility index (Phi) is 4.65. The molecule has 0 unspecified atom stereocenters. The molecule has 25 heavy (non-hydrogen) atoms. The van der Waals surface area contributed by atoms with Crippen molar-refractivity contribution in [2.24, 2.45) is 0 Å². The minimum Gasteiger partial charge on any atom is -0.339 e. The van der Waals surface area contributed by atoms with E-state index in [1.54, 1.807) is 17.0 Å². The fraction of sp³-hybridized carbons (Fsp3) is 0.250. The van der Waals surface area contributed by atoms with E-state index in [2.05, 4.69) is 0 Å². The molecule has 0 radical (unpaired) electrons. The standard InChI is InChI=1S/C20H20N2O3/c1-3-22(12-11-14-7-5-4-6-8-14)18(23)15-9-10-16-17(13-15)20(25)21(2)19(16)24/h4-10,13H,3,11-12H2,1-2H3. The molecule has 0 spiro atoms. The average molecular weight is 336 g/mol. The Morgan fingerprint density at radius 3 is 2.36 bits per heavy atom. The van der Waals surface area contributed by atoms with Gasteiger partial charge in [0.1, 0.15) is 0 Å². The van der Waals surface area contributed by atoms with Gasteiger partial charge in [-0.2, -0.15) is 0 Å². The predicted molar refractivity (Wildman–Crippen MR) is 94.6 cm³/mol. The molecule has 0 fully saturated rings. The van der Waals surface area contributed by atoms with Crippen molar-refractivity contribution in [1.29, 1.82) is 0 Å². The topological polar surface area (TPSA) is 57.7 Å². The highest BCUT2D eigenvalue weighted by Gasteiger charge is 2.33. The molecular weight excluding hydrogens is 316 g/mol. The third-order valence-corrected chi connectivity index (χ3v) is 4.52. The first-order chi connectivity index (χ1) is 12.0. The van der Waals surface area contributed by atoms with Crippen LogP contribution >= 0.6 is 0 Å². The second kappa shape index (κ2) is 6.89. The largest absolute Gasteiger partial charge is 0.339 e. The molecule has 5 nitrogen and oxygen atoms in total. The number of hydrogen-bond donors (Lipinski definition) is 0. The van der Waals surface area contributed by atoms with Gasteiger partial charge in [0.2, 0.25) is 0 Å². The predicted octanol–water partition coefficient (Wildman–Crippen LogP) is 2.62. The van der Waals surface area contributed by atoms with Gasteiger partial charge in [0, 0.05) is 25.7 Å². The van der Waals surface area contributed by atoms with Gasteiger partial charge in [-0.25, -0.2) is 0 Å². The Balaban J connectivity index is 1.78. The lowest BCUT2D eigenvalue weighted by Gasteiger charge is -2.21. The van der Waals surface area contributed by atoms with Crippen molar-refractivity contribution in [3.8, 4) is 0 Å². The Morgan fingerprint density at radius 2 is 1.68 bits per heavy atom. The Morgan fingerprint density at radius 1 is 1.00 bits per heavy atom. The first-order valence-electron chi connectivity index (χ1n) is 8.32. The van der Waals surface area contributed by atoms with Crippen molar-refractivity contribution >= 4 is 17.7 Å². The molecule has 0 aromatic heterocycles. The van der Waals surface area contributed by atoms with Crippen molar-refractivity contribution in [3.63, 3.8) is 0 Å². The van der Waals surface area contributed by atoms with Gasteiger partial charge in [0.15, 0.2) is 0 Å². The van der Waals surface area contributed by atoms with Crippen molar-refractivity contribution in [3.05, 3.63) is 70.8 Å². The van der Waals surface area contributed by atoms with Crippen LogP contribution in [0.25, 0.3) is 0 Å². The van der Waals surface area contributed by atoms with E-state index in [-0.39, 0.29) is 17.7 Å². The summed E-state index contributed by atoms with van der Waals surface area (Å²) in [5.74, 6) is -0.812. The summed E-state index contributed by atoms with van der Waals surface area (Å²) in [6.07, 6.45) is 0.769. The molecule has 5 heteroatoms. The van der Waals surface area contributed by atoms with E-state index in [0.29, 0.717) is 29.8 Å². The van der Waals surface area contributed by atoms with Crippen LogP contribution in [0, 0.1) is 0 Å². The molecule has 1 aliphatic rings. The molecule has 0 saturated carbocycles. The molecule has 0 N–H and O–H groups in total. The summed E-state index contributed by atoms with van der Waals surface area (Å²) in [4.78, 5) is 39.7. The number of carbonyl (C=O) groups is 3. The van der Waals surface area contributed by atoms with Gasteiger partial charge in [0.25, 0.3) is 17.7 Å². The second-order valence-corrected chi connectivity index (χ2v) is 6.05. The van der Waals surface area contributed by atoms with Crippen LogP contribution in [-0.4, -0.2) is 47.7 Å². The zero-order chi connectivity index (χ0) is 18.0. The highest BCUT2D eigenvalue weighted by atomic mass is 16.2. The fourth-order valence-corrected chi connectivity index (χ4v) is 2.99. The maximum absolute atomic E-state index is 12.8. The molecule has 0 saturated heterocycles. The van der Waals surface area contributed by atoms with Crippen LogP contribution in [0.2, 0.25) is 0 Å². The molecular formula is C20H20N2O3. The molecule has 1 aliphatic heterocycles. The maximum atomic E-state index is 12.8. The summed E-state index contributed by atoms with van der Waals surface area (Å²) in [5.41, 5.74) is 2.27. The quantitative estimate of drug-likeness (QED) is 0.789. The minimum absolute atomic E-state index is 0.129. The summed E-state index contributed by atoms with van der Waals surface area (Å²) >= 11 is 0. The summed E-state index contributed by atoms with van der Waals surface area (Å²) in [5, 5.41) is 0. The molecule has 0 aliphatic carbocycles. The monoisotopic (exact) mass is 336 g/mol. The fourth-order valence-electron chi connectivity index (χ4n) is 2.99. The number of carbonyl (C=O) groups excluding carboxylic acids is 3. The second-order valence-electron chi connectivity index (χ2n) is 6.05. The average Bonchev–Trinajstić information content (AvgIpc) is 2.87. The molecule has 2 aromatic carbocycles. The van der Waals surface area contributed by atoms with Crippen LogP contribution in [0.15, 0.2) is 48.5 Å². The van der Waals surface area contributed by atoms with Gasteiger partial charge >= 0.3 is 0 Å². The number of rotatable bonds is 5. The molecule has 3 amide bonds. The highest BCUT2D eigenvalue weighted by molar-refractivity contribution is 6.21. The van der Waals surface area contributed by atoms with Crippen molar-refractivity contribution in [2.75, 3.05) is 20.1 Å². The van der Waals surface area contributed by atoms with Crippen LogP contribution in [0.3, 0.4) is 0 Å². The first kappa shape index (κ1) is 16.9. The maximum Gasteiger partial charge on any atom is 0.261 e. The van der Waals surface area contributed by atoms with Gasteiger partial charge in [0.05, 0.1) is 11.1 Å². The summed E-state index contributed by atoms with van der Waals surface area (Å²) in [7, 11) is 1.45. The van der Waals surface area contributed by atoms with Crippen molar-refractivity contribution in [1.82, 2.24) is 9.80 Å². The van der Waals surface area contributed by atoms with Crippen LogP contribution in [-0.2, 0) is 6.42 Å². The lowest BCUT2D eigenvalue weighted by atomic mass is 10.0. The van der Waals surface area contributed by atoms with Gasteiger partial charge in [-0.05, 0) is 37.1 Å². The van der Waals surface area contributed by atoms with Gasteiger partial charge < -0.3 is 4.90 Å². The summed E-state index contributed by atoms with van der Waals surface area (Å²) in [6, 6.07) is 14.7. The third-order valence-electron chi connectivity index (χ3n) is 4.52. The van der Waals surface area contributed by atoms with Gasteiger partial charge in [-0.15, -0.1) is 0 Å². The Hall–Kier alpha value is -2.95. The van der Waals surface area contributed by atoms with E-state index in [4.69, 9.17) is 0 Å². The van der Waals surface area contributed by atoms with Crippen molar-refractivity contribution < 1.29 is 14.4 Å². The summed E-state index contributed by atoms with van der Waals surface area (Å²) < 4.78 is 0. The zero-order valence-corrected chi connectivity index (χ0v) is 14.4. The Labute approximate surface area is 146 Å². The zero-order valence-electron chi connectivity index (χ0n) is 14.4. The number of likely N-dealkylation sites (N-methyl/N-ethyl adjacent to an activating group) is 1. The Bertz CT molecular complexity index is 830. The summed E-state index contributed by atoms with van der Waals surface area (Å²) in [6.45, 7) is 3.11. The third kappa shape index (κ3) is 3.18. The lowest BCUT2D eigenvalue weighted by molar-refractivity contribution is 0.0692. The lowest BCUT2D eigenvalue weighted by Crippen LogP contribution is -2.32. The van der Waals surface area contributed by atoms with E-state index in [1.807, 2.05) is 37.3 Å². The number of benzene rings is 2. The number of hydrogen-bond acceptors (Lipinski definition) is 3. The van der Waals surface area contributed by atoms with E-state index < -0.39 is 0 Å². The molecule has 1 heterocycles. The molecule has 0 atom stereocenters. The molecule has 128 valence electrons. The van der Waals surface area contributed by atoms with E-state index >= 15 is 0 Å². The van der Waals surface area contributed by atoms with Crippen LogP contribution in [0.4, 0.5) is 0 Å². The van der Waals surface area contributed by atoms with Crippen LogP contribution in [0.5, 0.6) is 0 Å². The van der Waals surface area contributed by atoms with Crippen LogP contribution in [0.1, 0.15) is 43.6 Å². The molecule has 3 rings (SSSR count). The highest BCUT2D eigenvalue weighted by Crippen LogP contribution is 2.23. The van der Waals surface area contributed by atoms with Gasteiger partial charge in [-0.1, -0.05) is 30.3 Å². The van der Waals surface area contributed by atoms with E-state index in [9.17, 15) is 14.4 Å². The van der Waals surface area contributed by atoms with Crippen LogP contribution < -0.4 is 0 Å². The first-order valence-corrected chi connectivity index (χ1v) is 8.32. The number of amides is 3. The molecule has 0 bridgehead atoms. The van der Waals surface area contributed by atoms with Gasteiger partial charge in [-0.3, -0.25) is 19.3 Å². The van der Waals surface area contributed by atoms with E-state index in [0.717, 1.165) is 11.3 Å². The number of fused-ring (bicyclic) bond motifs is 1. The van der Waals surface area contributed by atoms with E-state index in [1.165, 1.54) is 18.7 Å². The number of imide groups is 1. The van der Waals surface area contributed by atoms with Crippen molar-refractivity contribution in [2.45, 2.75) is 13.3 Å². The number of nitrogens with zero attached hydrogens (tertiary/aromatic N) is 2. The SMILES string of the molecule is CCN(CCc1ccccc1)C(=O)c1ccc2c(c1)C(=O)N(C)C2=O. The normalized spacial score (nSPS) is 13.1. The minimum atomic E-state index is -0.359. The smallest absolute Gasteiger partial charge is 0.261 e. The molecule has 2 aromatic rings.